The Kier molecular flexibility index (Phi) is 6.29. The van der Waals surface area contributed by atoms with Gasteiger partial charge in [-0.15, -0.1) is 22.7 Å². The van der Waals surface area contributed by atoms with E-state index in [1.807, 2.05) is 33.1 Å². The van der Waals surface area contributed by atoms with E-state index in [4.69, 9.17) is 9.47 Å². The van der Waals surface area contributed by atoms with Gasteiger partial charge in [0, 0.05) is 5.38 Å². The summed E-state index contributed by atoms with van der Waals surface area (Å²) >= 11 is 2.79. The Labute approximate surface area is 155 Å². The maximum atomic E-state index is 12.1. The van der Waals surface area contributed by atoms with E-state index in [1.165, 1.54) is 22.7 Å². The monoisotopic (exact) mass is 382 g/mol. The normalized spacial score (nSPS) is 11.4. The van der Waals surface area contributed by atoms with Gasteiger partial charge in [-0.25, -0.2) is 14.8 Å². The van der Waals surface area contributed by atoms with E-state index in [9.17, 15) is 9.59 Å². The van der Waals surface area contributed by atoms with Crippen LogP contribution in [0.3, 0.4) is 0 Å². The number of carbonyl (C=O) groups is 2. The van der Waals surface area contributed by atoms with Crippen LogP contribution in [0.1, 0.15) is 55.1 Å². The lowest BCUT2D eigenvalue weighted by molar-refractivity contribution is -0.153. The van der Waals surface area contributed by atoms with Gasteiger partial charge in [0.2, 0.25) is 0 Å². The molecule has 0 radical (unpaired) electrons. The molecule has 0 N–H and O–H groups in total. The quantitative estimate of drug-likeness (QED) is 0.705. The summed E-state index contributed by atoms with van der Waals surface area (Å²) in [5, 5.41) is 3.32. The molecule has 0 fully saturated rings. The van der Waals surface area contributed by atoms with Crippen LogP contribution in [-0.4, -0.2) is 34.1 Å². The lowest BCUT2D eigenvalue weighted by Crippen LogP contribution is -2.24. The number of hydrogen-bond donors (Lipinski definition) is 0. The van der Waals surface area contributed by atoms with Crippen LogP contribution in [0.4, 0.5) is 0 Å². The summed E-state index contributed by atoms with van der Waals surface area (Å²) in [6, 6.07) is 0. The second kappa shape index (κ2) is 8.05. The Morgan fingerprint density at radius 1 is 1.16 bits per heavy atom. The fourth-order valence-electron chi connectivity index (χ4n) is 2.02. The number of aryl methyl sites for hydroxylation is 1. The predicted octanol–water partition coefficient (Wildman–Crippen LogP) is 3.89. The summed E-state index contributed by atoms with van der Waals surface area (Å²) in [4.78, 5) is 33.6. The van der Waals surface area contributed by atoms with E-state index >= 15 is 0 Å². The van der Waals surface area contributed by atoms with Crippen LogP contribution in [0.15, 0.2) is 5.38 Å². The highest BCUT2D eigenvalue weighted by atomic mass is 32.1. The molecule has 0 spiro atoms. The summed E-state index contributed by atoms with van der Waals surface area (Å²) in [6.07, 6.45) is 0.835. The summed E-state index contributed by atoms with van der Waals surface area (Å²) < 4.78 is 10.4. The zero-order chi connectivity index (χ0) is 18.6. The van der Waals surface area contributed by atoms with E-state index in [1.54, 1.807) is 6.92 Å². The number of ether oxygens (including phenoxy) is 2. The van der Waals surface area contributed by atoms with Gasteiger partial charge in [-0.2, -0.15) is 0 Å². The average Bonchev–Trinajstić information content (AvgIpc) is 3.11. The van der Waals surface area contributed by atoms with Gasteiger partial charge in [-0.1, -0.05) is 6.92 Å². The molecule has 25 heavy (non-hydrogen) atoms. The van der Waals surface area contributed by atoms with Crippen molar-refractivity contribution in [1.29, 1.82) is 0 Å². The highest BCUT2D eigenvalue weighted by molar-refractivity contribution is 7.16. The maximum Gasteiger partial charge on any atom is 0.358 e. The van der Waals surface area contributed by atoms with Crippen LogP contribution < -0.4 is 0 Å². The number of rotatable bonds is 6. The van der Waals surface area contributed by atoms with Crippen LogP contribution >= 0.6 is 22.7 Å². The smallest absolute Gasteiger partial charge is 0.358 e. The standard InChI is InChI=1S/C17H22N2O4S2/c1-6-11-19-14(16(21)22-7-2)15(25-11)10-9-24-12(18-10)8-13(20)23-17(3,4)5/h9H,6-8H2,1-5H3. The fraction of sp³-hybridized carbons (Fsp3) is 0.529. The largest absolute Gasteiger partial charge is 0.461 e. The van der Waals surface area contributed by atoms with Gasteiger partial charge in [0.15, 0.2) is 5.69 Å². The zero-order valence-corrected chi connectivity index (χ0v) is 16.7. The zero-order valence-electron chi connectivity index (χ0n) is 15.0. The minimum atomic E-state index is -0.526. The lowest BCUT2D eigenvalue weighted by atomic mass is 10.2. The molecule has 6 nitrogen and oxygen atoms in total. The third-order valence-corrected chi connectivity index (χ3v) is 5.01. The van der Waals surface area contributed by atoms with Crippen LogP contribution in [0.25, 0.3) is 10.6 Å². The average molecular weight is 383 g/mol. The third kappa shape index (κ3) is 5.34. The second-order valence-corrected chi connectivity index (χ2v) is 8.28. The van der Waals surface area contributed by atoms with Gasteiger partial charge in [0.1, 0.15) is 10.6 Å². The molecule has 0 saturated carbocycles. The number of carbonyl (C=O) groups excluding carboxylic acids is 2. The minimum absolute atomic E-state index is 0.107. The van der Waals surface area contributed by atoms with Gasteiger partial charge in [0.05, 0.1) is 28.6 Å². The van der Waals surface area contributed by atoms with E-state index < -0.39 is 11.6 Å². The Hall–Kier alpha value is -1.80. The minimum Gasteiger partial charge on any atom is -0.461 e. The molecule has 2 aromatic heterocycles. The second-order valence-electron chi connectivity index (χ2n) is 6.25. The van der Waals surface area contributed by atoms with Gasteiger partial charge in [-0.3, -0.25) is 4.79 Å². The number of nitrogens with zero attached hydrogens (tertiary/aromatic N) is 2. The first kappa shape index (κ1) is 19.5. The molecule has 0 aliphatic carbocycles. The van der Waals surface area contributed by atoms with Crippen molar-refractivity contribution in [1.82, 2.24) is 9.97 Å². The van der Waals surface area contributed by atoms with Crippen molar-refractivity contribution < 1.29 is 19.1 Å². The van der Waals surface area contributed by atoms with E-state index in [-0.39, 0.29) is 24.7 Å². The van der Waals surface area contributed by atoms with E-state index in [2.05, 4.69) is 9.97 Å². The summed E-state index contributed by atoms with van der Waals surface area (Å²) in [5.74, 6) is -0.771. The van der Waals surface area contributed by atoms with Crippen LogP contribution in [0.2, 0.25) is 0 Å². The van der Waals surface area contributed by atoms with Gasteiger partial charge < -0.3 is 9.47 Å². The van der Waals surface area contributed by atoms with Crippen molar-refractivity contribution in [2.75, 3.05) is 6.61 Å². The first-order chi connectivity index (χ1) is 11.7. The Morgan fingerprint density at radius 3 is 2.48 bits per heavy atom. The molecule has 2 heterocycles. The number of thiazole rings is 2. The van der Waals surface area contributed by atoms with Crippen molar-refractivity contribution >= 4 is 34.6 Å². The molecule has 0 aliphatic rings. The molecule has 2 aromatic rings. The molecule has 136 valence electrons. The van der Waals surface area contributed by atoms with Crippen LogP contribution in [0.5, 0.6) is 0 Å². The van der Waals surface area contributed by atoms with Gasteiger partial charge >= 0.3 is 11.9 Å². The number of esters is 2. The summed E-state index contributed by atoms with van der Waals surface area (Å²) in [5.41, 5.74) is 0.406. The Balaban J connectivity index is 2.23. The number of aromatic nitrogens is 2. The van der Waals surface area contributed by atoms with Crippen molar-refractivity contribution in [3.63, 3.8) is 0 Å². The predicted molar refractivity (Wildman–Crippen MR) is 98.1 cm³/mol. The third-order valence-electron chi connectivity index (χ3n) is 2.94. The van der Waals surface area contributed by atoms with E-state index in [0.29, 0.717) is 15.6 Å². The summed E-state index contributed by atoms with van der Waals surface area (Å²) in [6.45, 7) is 9.51. The molecule has 2 rings (SSSR count). The summed E-state index contributed by atoms with van der Waals surface area (Å²) in [7, 11) is 0. The molecule has 0 aromatic carbocycles. The highest BCUT2D eigenvalue weighted by Crippen LogP contribution is 2.32. The molecular weight excluding hydrogens is 360 g/mol. The number of hydrogen-bond acceptors (Lipinski definition) is 8. The topological polar surface area (TPSA) is 78.4 Å². The van der Waals surface area contributed by atoms with Crippen molar-refractivity contribution in [3.8, 4) is 10.6 Å². The molecule has 0 aliphatic heterocycles. The van der Waals surface area contributed by atoms with Crippen molar-refractivity contribution in [3.05, 3.63) is 21.1 Å². The van der Waals surface area contributed by atoms with Crippen LogP contribution in [0, 0.1) is 0 Å². The van der Waals surface area contributed by atoms with Crippen molar-refractivity contribution in [2.24, 2.45) is 0 Å². The SMILES string of the molecule is CCOC(=O)c1nc(CC)sc1-c1csc(CC(=O)OC(C)(C)C)n1. The Bertz CT molecular complexity index is 759. The molecular formula is C17H22N2O4S2. The first-order valence-corrected chi connectivity index (χ1v) is 9.76. The molecule has 0 bridgehead atoms. The van der Waals surface area contributed by atoms with Crippen molar-refractivity contribution in [2.45, 2.75) is 53.1 Å². The van der Waals surface area contributed by atoms with Gasteiger partial charge in [-0.05, 0) is 34.1 Å². The lowest BCUT2D eigenvalue weighted by Gasteiger charge is -2.18. The van der Waals surface area contributed by atoms with Gasteiger partial charge in [0.25, 0.3) is 0 Å². The Morgan fingerprint density at radius 2 is 1.88 bits per heavy atom. The molecule has 0 atom stereocenters. The molecule has 0 saturated heterocycles. The fourth-order valence-corrected chi connectivity index (χ4v) is 3.82. The molecule has 8 heteroatoms. The first-order valence-electron chi connectivity index (χ1n) is 8.07. The molecule has 0 unspecified atom stereocenters. The highest BCUT2D eigenvalue weighted by Gasteiger charge is 2.23. The van der Waals surface area contributed by atoms with Crippen LogP contribution in [-0.2, 0) is 27.1 Å². The maximum absolute atomic E-state index is 12.1. The van der Waals surface area contributed by atoms with E-state index in [0.717, 1.165) is 11.4 Å². The molecule has 0 amide bonds.